The van der Waals surface area contributed by atoms with E-state index in [1.54, 1.807) is 12.1 Å². The third-order valence-electron chi connectivity index (χ3n) is 3.55. The minimum Gasteiger partial charge on any atom is -0.390 e. The molecule has 106 valence electrons. The Morgan fingerprint density at radius 3 is 2.85 bits per heavy atom. The van der Waals surface area contributed by atoms with Crippen LogP contribution in [0.2, 0.25) is 5.02 Å². The highest BCUT2D eigenvalue weighted by Crippen LogP contribution is 2.31. The quantitative estimate of drug-likeness (QED) is 0.795. The summed E-state index contributed by atoms with van der Waals surface area (Å²) in [5, 5.41) is 13.6. The van der Waals surface area contributed by atoms with Crippen molar-refractivity contribution in [3.05, 3.63) is 28.8 Å². The first-order chi connectivity index (χ1) is 9.56. The molecule has 6 heteroatoms. The predicted octanol–water partition coefficient (Wildman–Crippen LogP) is 0.982. The molecule has 3 rings (SSSR count). The first kappa shape index (κ1) is 13.5. The lowest BCUT2D eigenvalue weighted by Gasteiger charge is -2.20. The summed E-state index contributed by atoms with van der Waals surface area (Å²) in [7, 11) is 0. The Morgan fingerprint density at radius 1 is 1.40 bits per heavy atom. The molecule has 1 fully saturated rings. The van der Waals surface area contributed by atoms with Crippen LogP contribution >= 0.6 is 11.6 Å². The number of anilines is 1. The number of Topliss-reactive ketones (excluding diaryl/α,β-unsaturated/α-hetero) is 1. The van der Waals surface area contributed by atoms with Gasteiger partial charge in [0.05, 0.1) is 23.9 Å². The van der Waals surface area contributed by atoms with Gasteiger partial charge in [-0.25, -0.2) is 0 Å². The first-order valence-corrected chi connectivity index (χ1v) is 7.01. The van der Waals surface area contributed by atoms with E-state index in [0.717, 1.165) is 12.8 Å². The highest BCUT2D eigenvalue weighted by atomic mass is 35.5. The van der Waals surface area contributed by atoms with Gasteiger partial charge in [0, 0.05) is 17.6 Å². The van der Waals surface area contributed by atoms with Crippen LogP contribution in [0.15, 0.2) is 18.2 Å². The molecule has 1 aliphatic carbocycles. The van der Waals surface area contributed by atoms with E-state index in [4.69, 9.17) is 11.6 Å². The maximum Gasteiger partial charge on any atom is 0.299 e. The molecule has 0 aromatic heterocycles. The minimum atomic E-state index is -0.700. The smallest absolute Gasteiger partial charge is 0.299 e. The van der Waals surface area contributed by atoms with Crippen LogP contribution in [0.4, 0.5) is 5.69 Å². The number of carbonyl (C=O) groups is 2. The fourth-order valence-corrected chi connectivity index (χ4v) is 2.49. The summed E-state index contributed by atoms with van der Waals surface area (Å²) < 4.78 is 0. The first-order valence-electron chi connectivity index (χ1n) is 6.63. The molecule has 1 atom stereocenters. The number of halogens is 1. The lowest BCUT2D eigenvalue weighted by Crippen LogP contribution is -2.41. The van der Waals surface area contributed by atoms with Gasteiger partial charge in [-0.05, 0) is 31.0 Å². The van der Waals surface area contributed by atoms with Gasteiger partial charge >= 0.3 is 0 Å². The molecule has 1 heterocycles. The van der Waals surface area contributed by atoms with Crippen molar-refractivity contribution in [3.8, 4) is 0 Å². The second kappa shape index (κ2) is 5.16. The van der Waals surface area contributed by atoms with Crippen LogP contribution in [-0.2, 0) is 4.79 Å². The molecule has 5 nitrogen and oxygen atoms in total. The number of ketones is 1. The average molecular weight is 295 g/mol. The monoisotopic (exact) mass is 294 g/mol. The topological polar surface area (TPSA) is 69.6 Å². The summed E-state index contributed by atoms with van der Waals surface area (Å²) in [5.74, 6) is -1.17. The van der Waals surface area contributed by atoms with E-state index in [2.05, 4.69) is 5.32 Å². The molecule has 2 aliphatic rings. The zero-order valence-corrected chi connectivity index (χ0v) is 11.6. The molecular weight excluding hydrogens is 280 g/mol. The third-order valence-corrected chi connectivity index (χ3v) is 3.78. The lowest BCUT2D eigenvalue weighted by molar-refractivity contribution is -0.114. The lowest BCUT2D eigenvalue weighted by atomic mass is 10.1. The Balaban J connectivity index is 1.73. The Kier molecular flexibility index (Phi) is 3.50. The molecule has 1 aliphatic heterocycles. The van der Waals surface area contributed by atoms with Gasteiger partial charge in [-0.2, -0.15) is 0 Å². The largest absolute Gasteiger partial charge is 0.390 e. The summed E-state index contributed by atoms with van der Waals surface area (Å²) in [6, 6.07) is 5.26. The Bertz CT molecular complexity index is 572. The number of fused-ring (bicyclic) bond motifs is 1. The number of nitrogens with one attached hydrogen (secondary N) is 1. The summed E-state index contributed by atoms with van der Waals surface area (Å²) >= 11 is 5.84. The van der Waals surface area contributed by atoms with Crippen molar-refractivity contribution < 1.29 is 14.7 Å². The second-order valence-corrected chi connectivity index (χ2v) is 5.68. The van der Waals surface area contributed by atoms with Crippen LogP contribution in [0.25, 0.3) is 0 Å². The number of carbonyl (C=O) groups excluding carboxylic acids is 2. The number of hydrogen-bond donors (Lipinski definition) is 2. The molecule has 0 spiro atoms. The van der Waals surface area contributed by atoms with Crippen LogP contribution < -0.4 is 10.2 Å². The highest BCUT2D eigenvalue weighted by Gasteiger charge is 2.36. The normalized spacial score (nSPS) is 19.4. The van der Waals surface area contributed by atoms with Crippen molar-refractivity contribution in [1.29, 1.82) is 0 Å². The summed E-state index contributed by atoms with van der Waals surface area (Å²) in [6.07, 6.45) is 1.57. The fourth-order valence-electron chi connectivity index (χ4n) is 2.32. The van der Waals surface area contributed by atoms with E-state index in [0.29, 0.717) is 28.9 Å². The van der Waals surface area contributed by atoms with Crippen molar-refractivity contribution in [3.63, 3.8) is 0 Å². The van der Waals surface area contributed by atoms with Gasteiger partial charge in [0.15, 0.2) is 0 Å². The van der Waals surface area contributed by atoms with Crippen molar-refractivity contribution in [2.45, 2.75) is 25.0 Å². The number of nitrogens with zero attached hydrogens (tertiary/aromatic N) is 1. The zero-order chi connectivity index (χ0) is 14.3. The Labute approximate surface area is 121 Å². The van der Waals surface area contributed by atoms with E-state index in [1.807, 2.05) is 0 Å². The minimum absolute atomic E-state index is 0.110. The molecule has 20 heavy (non-hydrogen) atoms. The number of aliphatic hydroxyl groups is 1. The maximum absolute atomic E-state index is 12.0. The second-order valence-electron chi connectivity index (χ2n) is 5.24. The van der Waals surface area contributed by atoms with Gasteiger partial charge in [0.1, 0.15) is 0 Å². The van der Waals surface area contributed by atoms with E-state index in [9.17, 15) is 14.7 Å². The molecule has 1 aromatic carbocycles. The van der Waals surface area contributed by atoms with E-state index in [-0.39, 0.29) is 6.54 Å². The average Bonchev–Trinajstić information content (AvgIpc) is 3.22. The third kappa shape index (κ3) is 2.57. The molecule has 0 radical (unpaired) electrons. The SMILES string of the molecule is O=C1C(=O)N(CC(O)CNC2CC2)c2ccc(Cl)cc21. The van der Waals surface area contributed by atoms with Gasteiger partial charge < -0.3 is 15.3 Å². The summed E-state index contributed by atoms with van der Waals surface area (Å²) in [6.45, 7) is 0.532. The van der Waals surface area contributed by atoms with Crippen LogP contribution in [0, 0.1) is 0 Å². The molecule has 2 N–H and O–H groups in total. The molecule has 1 amide bonds. The molecule has 1 aromatic rings. The van der Waals surface area contributed by atoms with E-state index < -0.39 is 17.8 Å². The van der Waals surface area contributed by atoms with Crippen LogP contribution in [-0.4, -0.2) is 42.0 Å². The number of benzene rings is 1. The van der Waals surface area contributed by atoms with Gasteiger partial charge in [0.25, 0.3) is 11.7 Å². The molecule has 1 unspecified atom stereocenters. The summed E-state index contributed by atoms with van der Waals surface area (Å²) in [5.41, 5.74) is 0.833. The molecule has 0 saturated heterocycles. The number of amides is 1. The Morgan fingerprint density at radius 2 is 2.15 bits per heavy atom. The van der Waals surface area contributed by atoms with Crippen LogP contribution in [0.5, 0.6) is 0 Å². The number of aliphatic hydroxyl groups excluding tert-OH is 1. The van der Waals surface area contributed by atoms with E-state index >= 15 is 0 Å². The molecule has 1 saturated carbocycles. The molecule has 0 bridgehead atoms. The highest BCUT2D eigenvalue weighted by molar-refractivity contribution is 6.52. The number of hydrogen-bond acceptors (Lipinski definition) is 4. The summed E-state index contributed by atoms with van der Waals surface area (Å²) in [4.78, 5) is 25.2. The predicted molar refractivity (Wildman–Crippen MR) is 75.2 cm³/mol. The number of rotatable bonds is 5. The van der Waals surface area contributed by atoms with Crippen molar-refractivity contribution >= 4 is 29.0 Å². The number of β-amino-alcohol motifs (C(OH)–C–C–N with tert-alkyl or cyclic N) is 1. The van der Waals surface area contributed by atoms with Gasteiger partial charge in [0.2, 0.25) is 0 Å². The molecular formula is C14H15ClN2O3. The van der Waals surface area contributed by atoms with Crippen molar-refractivity contribution in [2.75, 3.05) is 18.0 Å². The van der Waals surface area contributed by atoms with Crippen molar-refractivity contribution in [1.82, 2.24) is 5.32 Å². The standard InChI is InChI=1S/C14H15ClN2O3/c15-8-1-4-12-11(5-8)13(19)14(20)17(12)7-10(18)6-16-9-2-3-9/h1,4-5,9-10,16,18H,2-3,6-7H2. The fraction of sp³-hybridized carbons (Fsp3) is 0.429. The van der Waals surface area contributed by atoms with Crippen molar-refractivity contribution in [2.24, 2.45) is 0 Å². The maximum atomic E-state index is 12.0. The van der Waals surface area contributed by atoms with E-state index in [1.165, 1.54) is 11.0 Å². The van der Waals surface area contributed by atoms with Crippen LogP contribution in [0.3, 0.4) is 0 Å². The Hall–Kier alpha value is -1.43. The van der Waals surface area contributed by atoms with Gasteiger partial charge in [-0.3, -0.25) is 9.59 Å². The van der Waals surface area contributed by atoms with Gasteiger partial charge in [-0.1, -0.05) is 11.6 Å². The zero-order valence-electron chi connectivity index (χ0n) is 10.8. The van der Waals surface area contributed by atoms with Crippen LogP contribution in [0.1, 0.15) is 23.2 Å². The van der Waals surface area contributed by atoms with Gasteiger partial charge in [-0.15, -0.1) is 0 Å².